The van der Waals surface area contributed by atoms with Crippen LogP contribution in [0.3, 0.4) is 0 Å². The van der Waals surface area contributed by atoms with Crippen molar-refractivity contribution in [2.75, 3.05) is 5.32 Å². The average molecular weight is 354 g/mol. The van der Waals surface area contributed by atoms with E-state index in [9.17, 15) is 14.9 Å². The molecule has 0 aliphatic heterocycles. The van der Waals surface area contributed by atoms with E-state index in [1.54, 1.807) is 12.3 Å². The normalized spacial score (nSPS) is 10.4. The van der Waals surface area contributed by atoms with E-state index < -0.39 is 10.8 Å². The second-order valence-corrected chi connectivity index (χ2v) is 6.19. The van der Waals surface area contributed by atoms with Gasteiger partial charge >= 0.3 is 0 Å². The van der Waals surface area contributed by atoms with Crippen molar-refractivity contribution >= 4 is 29.0 Å². The zero-order chi connectivity index (χ0) is 17.8. The molecule has 3 rings (SSSR count). The van der Waals surface area contributed by atoms with Crippen LogP contribution >= 0.6 is 11.8 Å². The fourth-order valence-corrected chi connectivity index (χ4v) is 3.05. The Kier molecular flexibility index (Phi) is 4.80. The van der Waals surface area contributed by atoms with Gasteiger partial charge < -0.3 is 9.88 Å². The van der Waals surface area contributed by atoms with Crippen molar-refractivity contribution in [1.82, 2.24) is 9.55 Å². The summed E-state index contributed by atoms with van der Waals surface area (Å²) in [6, 6.07) is 13.0. The van der Waals surface area contributed by atoms with E-state index >= 15 is 0 Å². The van der Waals surface area contributed by atoms with Crippen LogP contribution in [-0.2, 0) is 7.05 Å². The lowest BCUT2D eigenvalue weighted by atomic mass is 10.2. The topological polar surface area (TPSA) is 90.1 Å². The molecule has 0 atom stereocenters. The van der Waals surface area contributed by atoms with E-state index in [0.717, 1.165) is 10.1 Å². The van der Waals surface area contributed by atoms with Crippen molar-refractivity contribution in [3.63, 3.8) is 0 Å². The second-order valence-electron chi connectivity index (χ2n) is 5.18. The van der Waals surface area contributed by atoms with Crippen LogP contribution in [0.5, 0.6) is 0 Å². The highest BCUT2D eigenvalue weighted by atomic mass is 32.2. The van der Waals surface area contributed by atoms with E-state index in [1.807, 2.05) is 36.0 Å². The van der Waals surface area contributed by atoms with Crippen molar-refractivity contribution in [2.24, 2.45) is 7.05 Å². The van der Waals surface area contributed by atoms with Gasteiger partial charge in [-0.15, -0.1) is 0 Å². The quantitative estimate of drug-likeness (QED) is 0.557. The number of hydrogen-bond donors (Lipinski definition) is 1. The predicted molar refractivity (Wildman–Crippen MR) is 94.8 cm³/mol. The lowest BCUT2D eigenvalue weighted by Crippen LogP contribution is -2.12. The molecule has 126 valence electrons. The zero-order valence-corrected chi connectivity index (χ0v) is 14.1. The molecule has 0 saturated carbocycles. The number of nitrogens with zero attached hydrogens (tertiary/aromatic N) is 3. The number of nitrogens with one attached hydrogen (secondary N) is 1. The van der Waals surface area contributed by atoms with Crippen LogP contribution in [0.25, 0.3) is 0 Å². The number of carbonyl (C=O) groups excluding carboxylic acids is 1. The number of aromatic nitrogens is 2. The monoisotopic (exact) mass is 354 g/mol. The zero-order valence-electron chi connectivity index (χ0n) is 13.2. The number of nitro benzene ring substituents is 1. The molecule has 7 nitrogen and oxygen atoms in total. The molecule has 0 aliphatic rings. The number of imidazole rings is 1. The Hall–Kier alpha value is -3.13. The molecule has 1 N–H and O–H groups in total. The molecule has 1 amide bonds. The van der Waals surface area contributed by atoms with E-state index in [1.165, 1.54) is 36.0 Å². The third-order valence-electron chi connectivity index (χ3n) is 3.43. The van der Waals surface area contributed by atoms with E-state index in [0.29, 0.717) is 5.69 Å². The molecule has 0 fully saturated rings. The molecule has 3 aromatic rings. The summed E-state index contributed by atoms with van der Waals surface area (Å²) in [7, 11) is 1.89. The maximum atomic E-state index is 12.4. The molecule has 0 bridgehead atoms. The maximum absolute atomic E-state index is 12.4. The molecule has 0 spiro atoms. The lowest BCUT2D eigenvalue weighted by molar-refractivity contribution is -0.384. The minimum atomic E-state index is -0.526. The van der Waals surface area contributed by atoms with Gasteiger partial charge in [0.1, 0.15) is 0 Å². The van der Waals surface area contributed by atoms with Gasteiger partial charge in [-0.1, -0.05) is 18.2 Å². The van der Waals surface area contributed by atoms with Gasteiger partial charge in [-0.05, 0) is 30.0 Å². The molecule has 2 aromatic carbocycles. The first-order valence-corrected chi connectivity index (χ1v) is 8.16. The van der Waals surface area contributed by atoms with Crippen molar-refractivity contribution in [2.45, 2.75) is 10.1 Å². The molecule has 1 aromatic heterocycles. The van der Waals surface area contributed by atoms with Gasteiger partial charge in [0.05, 0.1) is 10.6 Å². The Balaban J connectivity index is 1.83. The summed E-state index contributed by atoms with van der Waals surface area (Å²) in [4.78, 5) is 27.9. The number of rotatable bonds is 5. The van der Waals surface area contributed by atoms with Crippen LogP contribution in [0.1, 0.15) is 10.4 Å². The van der Waals surface area contributed by atoms with E-state index in [2.05, 4.69) is 10.3 Å². The van der Waals surface area contributed by atoms with Crippen molar-refractivity contribution in [3.05, 3.63) is 76.6 Å². The summed E-state index contributed by atoms with van der Waals surface area (Å²) in [5, 5.41) is 14.5. The minimum Gasteiger partial charge on any atom is -0.329 e. The fraction of sp³-hybridized carbons (Fsp3) is 0.0588. The van der Waals surface area contributed by atoms with Crippen LogP contribution in [0, 0.1) is 10.1 Å². The predicted octanol–water partition coefficient (Wildman–Crippen LogP) is 3.73. The number of aryl methyl sites for hydroxylation is 1. The van der Waals surface area contributed by atoms with Gasteiger partial charge in [-0.2, -0.15) is 0 Å². The average Bonchev–Trinajstić information content (AvgIpc) is 3.01. The summed E-state index contributed by atoms with van der Waals surface area (Å²) in [5.74, 6) is -0.406. The Labute approximate surface area is 147 Å². The number of hydrogen-bond acceptors (Lipinski definition) is 5. The number of para-hydroxylation sites is 1. The number of non-ortho nitro benzene ring substituents is 1. The fourth-order valence-electron chi connectivity index (χ4n) is 2.16. The third kappa shape index (κ3) is 3.86. The summed E-state index contributed by atoms with van der Waals surface area (Å²) >= 11 is 1.42. The molecule has 0 aliphatic carbocycles. The number of carbonyl (C=O) groups is 1. The summed E-state index contributed by atoms with van der Waals surface area (Å²) < 4.78 is 1.88. The van der Waals surface area contributed by atoms with Crippen LogP contribution in [0.2, 0.25) is 0 Å². The first kappa shape index (κ1) is 16.7. The molecular formula is C17H14N4O3S. The SMILES string of the molecule is Cn1ccnc1Sc1ccccc1NC(=O)c1cccc([N+](=O)[O-])c1. The maximum Gasteiger partial charge on any atom is 0.270 e. The van der Waals surface area contributed by atoms with Crippen molar-refractivity contribution in [3.8, 4) is 0 Å². The van der Waals surface area contributed by atoms with Gasteiger partial charge in [-0.3, -0.25) is 14.9 Å². The standard InChI is InChI=1S/C17H14N4O3S/c1-20-10-9-18-17(20)25-15-8-3-2-7-14(15)19-16(22)12-5-4-6-13(11-12)21(23)24/h2-11H,1H3,(H,19,22). The van der Waals surface area contributed by atoms with Gasteiger partial charge in [0.15, 0.2) is 5.16 Å². The van der Waals surface area contributed by atoms with Crippen LogP contribution < -0.4 is 5.32 Å². The summed E-state index contributed by atoms with van der Waals surface area (Å²) in [6.45, 7) is 0. The Bertz CT molecular complexity index is 939. The number of benzene rings is 2. The molecule has 0 radical (unpaired) electrons. The highest BCUT2D eigenvalue weighted by Crippen LogP contribution is 2.32. The molecule has 0 saturated heterocycles. The molecule has 8 heteroatoms. The van der Waals surface area contributed by atoms with Crippen LogP contribution in [0.4, 0.5) is 11.4 Å². The number of anilines is 1. The van der Waals surface area contributed by atoms with Crippen LogP contribution in [-0.4, -0.2) is 20.4 Å². The number of nitro groups is 1. The van der Waals surface area contributed by atoms with Gasteiger partial charge in [0.25, 0.3) is 11.6 Å². The second kappa shape index (κ2) is 7.18. The van der Waals surface area contributed by atoms with Crippen molar-refractivity contribution < 1.29 is 9.72 Å². The largest absolute Gasteiger partial charge is 0.329 e. The molecular weight excluding hydrogens is 340 g/mol. The third-order valence-corrected chi connectivity index (χ3v) is 4.58. The van der Waals surface area contributed by atoms with Gasteiger partial charge in [0.2, 0.25) is 0 Å². The van der Waals surface area contributed by atoms with Crippen molar-refractivity contribution in [1.29, 1.82) is 0 Å². The van der Waals surface area contributed by atoms with E-state index in [-0.39, 0.29) is 11.3 Å². The Morgan fingerprint density at radius 2 is 2.04 bits per heavy atom. The molecule has 1 heterocycles. The highest BCUT2D eigenvalue weighted by Gasteiger charge is 2.14. The summed E-state index contributed by atoms with van der Waals surface area (Å²) in [5.41, 5.74) is 0.723. The number of amides is 1. The minimum absolute atomic E-state index is 0.122. The Morgan fingerprint density at radius 1 is 1.24 bits per heavy atom. The van der Waals surface area contributed by atoms with E-state index in [4.69, 9.17) is 0 Å². The lowest BCUT2D eigenvalue weighted by Gasteiger charge is -2.10. The highest BCUT2D eigenvalue weighted by molar-refractivity contribution is 7.99. The first-order chi connectivity index (χ1) is 12.0. The summed E-state index contributed by atoms with van der Waals surface area (Å²) in [6.07, 6.45) is 3.54. The van der Waals surface area contributed by atoms with Crippen LogP contribution in [0.15, 0.2) is 71.0 Å². The molecule has 0 unspecified atom stereocenters. The smallest absolute Gasteiger partial charge is 0.270 e. The van der Waals surface area contributed by atoms with Gasteiger partial charge in [-0.25, -0.2) is 4.98 Å². The molecule has 25 heavy (non-hydrogen) atoms. The van der Waals surface area contributed by atoms with Gasteiger partial charge in [0, 0.05) is 42.0 Å². The Morgan fingerprint density at radius 3 is 2.76 bits per heavy atom. The first-order valence-electron chi connectivity index (χ1n) is 7.34.